The smallest absolute Gasteiger partial charge is 0.223 e. The van der Waals surface area contributed by atoms with Gasteiger partial charge < -0.3 is 14.4 Å². The van der Waals surface area contributed by atoms with Crippen LogP contribution >= 0.6 is 0 Å². The molecule has 0 saturated carbocycles. The van der Waals surface area contributed by atoms with Crippen LogP contribution in [0.25, 0.3) is 0 Å². The van der Waals surface area contributed by atoms with E-state index in [0.29, 0.717) is 12.8 Å². The normalized spacial score (nSPS) is 18.2. The fourth-order valence-corrected chi connectivity index (χ4v) is 2.68. The predicted molar refractivity (Wildman–Crippen MR) is 76.3 cm³/mol. The second-order valence-corrected chi connectivity index (χ2v) is 5.24. The van der Waals surface area contributed by atoms with Crippen LogP contribution in [0.5, 0.6) is 0 Å². The number of hydrogen-bond acceptors (Lipinski definition) is 4. The molecule has 0 aliphatic carbocycles. The van der Waals surface area contributed by atoms with Crippen molar-refractivity contribution in [3.63, 3.8) is 0 Å². The van der Waals surface area contributed by atoms with E-state index in [4.69, 9.17) is 4.42 Å². The third-order valence-electron chi connectivity index (χ3n) is 4.03. The molecule has 20 heavy (non-hydrogen) atoms. The van der Waals surface area contributed by atoms with Gasteiger partial charge in [-0.2, -0.15) is 0 Å². The number of nitrogens with zero attached hydrogens (tertiary/aromatic N) is 2. The van der Waals surface area contributed by atoms with Crippen LogP contribution < -0.4 is 0 Å². The van der Waals surface area contributed by atoms with E-state index in [-0.39, 0.29) is 18.6 Å². The molecule has 1 amide bonds. The lowest BCUT2D eigenvalue weighted by molar-refractivity contribution is -0.133. The van der Waals surface area contributed by atoms with Crippen molar-refractivity contribution in [2.24, 2.45) is 0 Å². The minimum Gasteiger partial charge on any atom is -0.469 e. The van der Waals surface area contributed by atoms with Crippen molar-refractivity contribution < 1.29 is 14.3 Å². The van der Waals surface area contributed by atoms with E-state index < -0.39 is 0 Å². The summed E-state index contributed by atoms with van der Waals surface area (Å²) in [6, 6.07) is 3.98. The van der Waals surface area contributed by atoms with Crippen molar-refractivity contribution in [1.29, 1.82) is 0 Å². The van der Waals surface area contributed by atoms with Gasteiger partial charge in [-0.15, -0.1) is 0 Å². The Kier molecular flexibility index (Phi) is 5.61. The summed E-state index contributed by atoms with van der Waals surface area (Å²) in [5.41, 5.74) is 0. The van der Waals surface area contributed by atoms with Gasteiger partial charge in [-0.3, -0.25) is 9.69 Å². The van der Waals surface area contributed by atoms with Crippen LogP contribution in [0.4, 0.5) is 0 Å². The minimum absolute atomic E-state index is 0.193. The highest BCUT2D eigenvalue weighted by Gasteiger charge is 2.24. The lowest BCUT2D eigenvalue weighted by atomic mass is 10.1. The standard InChI is InChI=1S/C15H24N2O3/c1-2-13(12-18)16-7-9-17(10-8-16)15(19)6-5-14-4-3-11-20-14/h3-4,11,13,18H,2,5-10,12H2,1H3. The molecule has 1 fully saturated rings. The zero-order chi connectivity index (χ0) is 14.4. The first-order valence-corrected chi connectivity index (χ1v) is 7.39. The molecular weight excluding hydrogens is 256 g/mol. The van der Waals surface area contributed by atoms with E-state index >= 15 is 0 Å². The molecule has 1 aliphatic heterocycles. The molecule has 1 atom stereocenters. The van der Waals surface area contributed by atoms with Crippen molar-refractivity contribution >= 4 is 5.91 Å². The van der Waals surface area contributed by atoms with Gasteiger partial charge in [0, 0.05) is 45.1 Å². The summed E-state index contributed by atoms with van der Waals surface area (Å²) < 4.78 is 5.24. The number of amides is 1. The maximum atomic E-state index is 12.1. The quantitative estimate of drug-likeness (QED) is 0.848. The van der Waals surface area contributed by atoms with Gasteiger partial charge in [-0.25, -0.2) is 0 Å². The average Bonchev–Trinajstić information content (AvgIpc) is 3.00. The van der Waals surface area contributed by atoms with Crippen molar-refractivity contribution in [2.75, 3.05) is 32.8 Å². The monoisotopic (exact) mass is 280 g/mol. The number of aliphatic hydroxyl groups excluding tert-OH is 1. The molecule has 1 saturated heterocycles. The number of carbonyl (C=O) groups is 1. The molecule has 5 heteroatoms. The highest BCUT2D eigenvalue weighted by molar-refractivity contribution is 5.76. The van der Waals surface area contributed by atoms with Gasteiger partial charge in [-0.1, -0.05) is 6.92 Å². The number of carbonyl (C=O) groups excluding carboxylic acids is 1. The number of rotatable bonds is 6. The SMILES string of the molecule is CCC(CO)N1CCN(C(=O)CCc2ccco2)CC1. The average molecular weight is 280 g/mol. The van der Waals surface area contributed by atoms with Crippen LogP contribution in [-0.2, 0) is 11.2 Å². The summed E-state index contributed by atoms with van der Waals surface area (Å²) in [7, 11) is 0. The lowest BCUT2D eigenvalue weighted by Crippen LogP contribution is -2.52. The number of piperazine rings is 1. The first kappa shape index (κ1) is 15.1. The van der Waals surface area contributed by atoms with Crippen LogP contribution in [0.2, 0.25) is 0 Å². The van der Waals surface area contributed by atoms with Gasteiger partial charge in [0.05, 0.1) is 12.9 Å². The summed E-state index contributed by atoms with van der Waals surface area (Å²) >= 11 is 0. The van der Waals surface area contributed by atoms with Crippen molar-refractivity contribution in [2.45, 2.75) is 32.2 Å². The van der Waals surface area contributed by atoms with E-state index in [0.717, 1.165) is 38.4 Å². The van der Waals surface area contributed by atoms with Crippen LogP contribution in [0.1, 0.15) is 25.5 Å². The summed E-state index contributed by atoms with van der Waals surface area (Å²) in [5.74, 6) is 1.06. The zero-order valence-electron chi connectivity index (χ0n) is 12.1. The number of aliphatic hydroxyl groups is 1. The van der Waals surface area contributed by atoms with Crippen molar-refractivity contribution in [3.8, 4) is 0 Å². The number of hydrogen-bond donors (Lipinski definition) is 1. The summed E-state index contributed by atoms with van der Waals surface area (Å²) in [4.78, 5) is 16.3. The molecule has 0 aromatic carbocycles. The van der Waals surface area contributed by atoms with Gasteiger partial charge in [-0.05, 0) is 18.6 Å². The molecule has 1 N–H and O–H groups in total. The first-order valence-electron chi connectivity index (χ1n) is 7.39. The van der Waals surface area contributed by atoms with E-state index in [1.54, 1.807) is 6.26 Å². The second-order valence-electron chi connectivity index (χ2n) is 5.24. The van der Waals surface area contributed by atoms with Gasteiger partial charge in [0.2, 0.25) is 5.91 Å². The van der Waals surface area contributed by atoms with Crippen LogP contribution in [0.15, 0.2) is 22.8 Å². The fourth-order valence-electron chi connectivity index (χ4n) is 2.68. The third kappa shape index (κ3) is 3.84. The molecule has 1 aromatic rings. The highest BCUT2D eigenvalue weighted by atomic mass is 16.3. The molecule has 112 valence electrons. The fraction of sp³-hybridized carbons (Fsp3) is 0.667. The number of furan rings is 1. The Morgan fingerprint density at radius 2 is 2.15 bits per heavy atom. The second kappa shape index (κ2) is 7.45. The Bertz CT molecular complexity index is 393. The Morgan fingerprint density at radius 1 is 1.40 bits per heavy atom. The Hall–Kier alpha value is -1.33. The molecule has 1 aromatic heterocycles. The first-order chi connectivity index (χ1) is 9.74. The minimum atomic E-state index is 0.193. The maximum absolute atomic E-state index is 12.1. The van der Waals surface area contributed by atoms with E-state index in [9.17, 15) is 9.90 Å². The van der Waals surface area contributed by atoms with Gasteiger partial charge >= 0.3 is 0 Å². The summed E-state index contributed by atoms with van der Waals surface area (Å²) in [5, 5.41) is 9.31. The largest absolute Gasteiger partial charge is 0.469 e. The molecule has 5 nitrogen and oxygen atoms in total. The summed E-state index contributed by atoms with van der Waals surface area (Å²) in [6.07, 6.45) is 3.76. The molecule has 0 spiro atoms. The van der Waals surface area contributed by atoms with E-state index in [1.165, 1.54) is 0 Å². The predicted octanol–water partition coefficient (Wildman–Crippen LogP) is 1.13. The van der Waals surface area contributed by atoms with Crippen molar-refractivity contribution in [1.82, 2.24) is 9.80 Å². The van der Waals surface area contributed by atoms with Gasteiger partial charge in [0.1, 0.15) is 5.76 Å². The molecule has 1 unspecified atom stereocenters. The molecular formula is C15H24N2O3. The summed E-state index contributed by atoms with van der Waals surface area (Å²) in [6.45, 7) is 5.50. The van der Waals surface area contributed by atoms with Crippen LogP contribution in [0.3, 0.4) is 0 Å². The molecule has 2 rings (SSSR count). The van der Waals surface area contributed by atoms with E-state index in [2.05, 4.69) is 11.8 Å². The Morgan fingerprint density at radius 3 is 2.70 bits per heavy atom. The van der Waals surface area contributed by atoms with Gasteiger partial charge in [0.15, 0.2) is 0 Å². The third-order valence-corrected chi connectivity index (χ3v) is 4.03. The Balaban J connectivity index is 1.74. The van der Waals surface area contributed by atoms with Gasteiger partial charge in [0.25, 0.3) is 0 Å². The Labute approximate surface area is 120 Å². The maximum Gasteiger partial charge on any atom is 0.223 e. The van der Waals surface area contributed by atoms with Crippen molar-refractivity contribution in [3.05, 3.63) is 24.2 Å². The topological polar surface area (TPSA) is 56.9 Å². The van der Waals surface area contributed by atoms with Crippen LogP contribution in [0, 0.1) is 0 Å². The lowest BCUT2D eigenvalue weighted by Gasteiger charge is -2.38. The molecule has 1 aliphatic rings. The van der Waals surface area contributed by atoms with E-state index in [1.807, 2.05) is 17.0 Å². The zero-order valence-corrected chi connectivity index (χ0v) is 12.1. The molecule has 0 bridgehead atoms. The highest BCUT2D eigenvalue weighted by Crippen LogP contribution is 2.11. The molecule has 0 radical (unpaired) electrons. The van der Waals surface area contributed by atoms with Crippen LogP contribution in [-0.4, -0.2) is 59.6 Å². The molecule has 2 heterocycles. The number of aryl methyl sites for hydroxylation is 1.